The van der Waals surface area contributed by atoms with Crippen LogP contribution in [0.4, 0.5) is 0 Å². The van der Waals surface area contributed by atoms with Gasteiger partial charge in [-0.3, -0.25) is 18.6 Å². The van der Waals surface area contributed by atoms with Gasteiger partial charge in [0, 0.05) is 36.2 Å². The van der Waals surface area contributed by atoms with Gasteiger partial charge in [0.2, 0.25) is 11.0 Å². The SMILES string of the molecule is CC(C)(COC(c1ccccc1)(c1ccccc1)c1ccccc1)[C@@H](OS(C)(=O)=O)C(=O)NCCC(=O)NCCSC(=O)c1ccccc1. The average Bonchev–Trinajstić information content (AvgIpc) is 3.10. The number of carbonyl (C=O) groups is 3. The zero-order valence-corrected chi connectivity index (χ0v) is 29.5. The van der Waals surface area contributed by atoms with Crippen LogP contribution in [0.3, 0.4) is 0 Å². The van der Waals surface area contributed by atoms with Crippen molar-refractivity contribution in [1.82, 2.24) is 10.6 Å². The first kappa shape index (κ1) is 37.5. The van der Waals surface area contributed by atoms with E-state index < -0.39 is 33.1 Å². The largest absolute Gasteiger partial charge is 0.360 e. The first-order valence-corrected chi connectivity index (χ1v) is 18.7. The molecule has 4 aromatic rings. The fraction of sp³-hybridized carbons (Fsp3) is 0.289. The van der Waals surface area contributed by atoms with E-state index in [0.29, 0.717) is 11.3 Å². The Morgan fingerprint density at radius 3 is 1.65 bits per heavy atom. The minimum Gasteiger partial charge on any atom is -0.360 e. The average molecular weight is 703 g/mol. The van der Waals surface area contributed by atoms with Gasteiger partial charge in [-0.25, -0.2) is 0 Å². The summed E-state index contributed by atoms with van der Waals surface area (Å²) in [4.78, 5) is 38.2. The van der Waals surface area contributed by atoms with E-state index in [0.717, 1.165) is 34.7 Å². The number of nitrogens with one attached hydrogen (secondary N) is 2. The van der Waals surface area contributed by atoms with Crippen LogP contribution in [0.1, 0.15) is 47.3 Å². The summed E-state index contributed by atoms with van der Waals surface area (Å²) in [5.74, 6) is -0.629. The molecule has 0 unspecified atom stereocenters. The van der Waals surface area contributed by atoms with Crippen molar-refractivity contribution in [1.29, 1.82) is 0 Å². The second-order valence-electron chi connectivity index (χ2n) is 12.1. The van der Waals surface area contributed by atoms with Gasteiger partial charge < -0.3 is 15.4 Å². The predicted octanol–water partition coefficient (Wildman–Crippen LogP) is 5.56. The van der Waals surface area contributed by atoms with Crippen molar-refractivity contribution in [2.45, 2.75) is 32.0 Å². The second kappa shape index (κ2) is 17.4. The van der Waals surface area contributed by atoms with E-state index in [-0.39, 0.29) is 37.1 Å². The molecule has 258 valence electrons. The summed E-state index contributed by atoms with van der Waals surface area (Å²) in [6.45, 7) is 3.54. The fourth-order valence-corrected chi connectivity index (χ4v) is 6.70. The minimum absolute atomic E-state index is 0.0509. The Bertz CT molecular complexity index is 1670. The molecule has 0 aliphatic heterocycles. The Balaban J connectivity index is 1.45. The maximum absolute atomic E-state index is 13.5. The van der Waals surface area contributed by atoms with Gasteiger partial charge in [0.25, 0.3) is 16.0 Å². The van der Waals surface area contributed by atoms with Gasteiger partial charge in [-0.2, -0.15) is 8.42 Å². The number of rotatable bonds is 17. The number of ether oxygens (including phenoxy) is 1. The minimum atomic E-state index is -4.07. The quantitative estimate of drug-likeness (QED) is 0.0832. The van der Waals surface area contributed by atoms with Crippen LogP contribution in [0, 0.1) is 5.41 Å². The maximum atomic E-state index is 13.5. The van der Waals surface area contributed by atoms with E-state index in [1.807, 2.05) is 97.1 Å². The Morgan fingerprint density at radius 2 is 1.18 bits per heavy atom. The summed E-state index contributed by atoms with van der Waals surface area (Å²) in [6, 6.07) is 38.0. The Labute approximate surface area is 292 Å². The van der Waals surface area contributed by atoms with E-state index in [9.17, 15) is 22.8 Å². The van der Waals surface area contributed by atoms with E-state index in [4.69, 9.17) is 8.92 Å². The third-order valence-electron chi connectivity index (χ3n) is 7.74. The lowest BCUT2D eigenvalue weighted by atomic mass is 9.79. The molecular formula is C38H42N2O7S2. The standard InChI is InChI=1S/C38H42N2O7S2/c1-37(2,28-46-38(30-18-10-5-11-19-30,31-20-12-6-13-21-31)32-22-14-7-15-23-32)34(47-49(3,44)45)35(42)40-25-24-33(41)39-26-27-48-36(43)29-16-8-4-9-17-29/h4-23,34H,24-28H2,1-3H3,(H,39,41)(H,40,42)/t34-/m0/s1. The number of amides is 2. The predicted molar refractivity (Wildman–Crippen MR) is 193 cm³/mol. The lowest BCUT2D eigenvalue weighted by Gasteiger charge is -2.40. The lowest BCUT2D eigenvalue weighted by molar-refractivity contribution is -0.138. The van der Waals surface area contributed by atoms with Gasteiger partial charge >= 0.3 is 0 Å². The van der Waals surface area contributed by atoms with Gasteiger partial charge in [-0.1, -0.05) is 147 Å². The van der Waals surface area contributed by atoms with Crippen LogP contribution in [-0.4, -0.2) is 63.2 Å². The number of thioether (sulfide) groups is 1. The van der Waals surface area contributed by atoms with Crippen LogP contribution in [0.2, 0.25) is 0 Å². The zero-order valence-electron chi connectivity index (χ0n) is 27.8. The summed E-state index contributed by atoms with van der Waals surface area (Å²) < 4.78 is 37.1. The van der Waals surface area contributed by atoms with E-state index >= 15 is 0 Å². The summed E-state index contributed by atoms with van der Waals surface area (Å²) in [6.07, 6.45) is -0.628. The number of hydrogen-bond acceptors (Lipinski definition) is 8. The van der Waals surface area contributed by atoms with E-state index in [2.05, 4.69) is 10.6 Å². The zero-order chi connectivity index (χ0) is 35.3. The van der Waals surface area contributed by atoms with Gasteiger partial charge in [0.05, 0.1) is 12.9 Å². The molecule has 0 saturated heterocycles. The summed E-state index contributed by atoms with van der Waals surface area (Å²) in [5, 5.41) is 5.31. The Hall–Kier alpha value is -4.29. The topological polar surface area (TPSA) is 128 Å². The van der Waals surface area contributed by atoms with Crippen LogP contribution >= 0.6 is 11.8 Å². The van der Waals surface area contributed by atoms with Gasteiger partial charge in [-0.15, -0.1) is 0 Å². The van der Waals surface area contributed by atoms with Crippen LogP contribution in [-0.2, 0) is 34.2 Å². The molecule has 1 atom stereocenters. The molecule has 9 nitrogen and oxygen atoms in total. The van der Waals surface area contributed by atoms with Gasteiger partial charge in [0.1, 0.15) is 5.60 Å². The van der Waals surface area contributed by atoms with Crippen molar-refractivity contribution < 1.29 is 31.7 Å². The number of benzene rings is 4. The van der Waals surface area contributed by atoms with Crippen molar-refractivity contribution in [3.05, 3.63) is 144 Å². The van der Waals surface area contributed by atoms with Crippen LogP contribution < -0.4 is 10.6 Å². The van der Waals surface area contributed by atoms with E-state index in [1.165, 1.54) is 0 Å². The van der Waals surface area contributed by atoms with Gasteiger partial charge in [0.15, 0.2) is 6.10 Å². The molecule has 0 radical (unpaired) electrons. The number of hydrogen-bond donors (Lipinski definition) is 2. The number of carbonyl (C=O) groups excluding carboxylic acids is 3. The highest BCUT2D eigenvalue weighted by Gasteiger charge is 2.44. The molecule has 49 heavy (non-hydrogen) atoms. The molecule has 0 heterocycles. The molecule has 4 aromatic carbocycles. The molecule has 0 bridgehead atoms. The molecule has 0 aliphatic carbocycles. The monoisotopic (exact) mass is 702 g/mol. The van der Waals surface area contributed by atoms with Crippen LogP contribution in [0.15, 0.2) is 121 Å². The van der Waals surface area contributed by atoms with Crippen LogP contribution in [0.25, 0.3) is 0 Å². The Morgan fingerprint density at radius 1 is 0.714 bits per heavy atom. The molecule has 2 N–H and O–H groups in total. The van der Waals surface area contributed by atoms with Gasteiger partial charge in [-0.05, 0) is 16.7 Å². The summed E-state index contributed by atoms with van der Waals surface area (Å²) >= 11 is 1.11. The highest BCUT2D eigenvalue weighted by Crippen LogP contribution is 2.42. The molecule has 0 spiro atoms. The summed E-state index contributed by atoms with van der Waals surface area (Å²) in [5.41, 5.74) is 0.870. The first-order chi connectivity index (χ1) is 23.4. The van der Waals surface area contributed by atoms with E-state index in [1.54, 1.807) is 38.1 Å². The molecule has 4 rings (SSSR count). The second-order valence-corrected chi connectivity index (χ2v) is 14.8. The Kier molecular flexibility index (Phi) is 13.3. The molecule has 0 saturated carbocycles. The smallest absolute Gasteiger partial charge is 0.265 e. The molecular weight excluding hydrogens is 661 g/mol. The molecule has 11 heteroatoms. The van der Waals surface area contributed by atoms with Crippen molar-refractivity contribution in [2.75, 3.05) is 31.7 Å². The third kappa shape index (κ3) is 10.6. The van der Waals surface area contributed by atoms with Crippen molar-refractivity contribution in [2.24, 2.45) is 5.41 Å². The van der Waals surface area contributed by atoms with Crippen LogP contribution in [0.5, 0.6) is 0 Å². The third-order valence-corrected chi connectivity index (χ3v) is 9.19. The fourth-order valence-electron chi connectivity index (χ4n) is 5.31. The molecule has 2 amide bonds. The highest BCUT2D eigenvalue weighted by molar-refractivity contribution is 8.14. The normalized spacial score (nSPS) is 12.6. The summed E-state index contributed by atoms with van der Waals surface area (Å²) in [7, 11) is -4.07. The highest BCUT2D eigenvalue weighted by atomic mass is 32.2. The lowest BCUT2D eigenvalue weighted by Crippen LogP contribution is -2.50. The maximum Gasteiger partial charge on any atom is 0.265 e. The molecule has 0 fully saturated rings. The first-order valence-electron chi connectivity index (χ1n) is 15.9. The molecule has 0 aliphatic rings. The van der Waals surface area contributed by atoms with Crippen molar-refractivity contribution in [3.8, 4) is 0 Å². The van der Waals surface area contributed by atoms with Crippen molar-refractivity contribution in [3.63, 3.8) is 0 Å². The molecule has 0 aromatic heterocycles. The van der Waals surface area contributed by atoms with Crippen molar-refractivity contribution >= 4 is 38.8 Å².